The first-order valence-electron chi connectivity index (χ1n) is 10.6. The maximum atomic E-state index is 12.9. The molecule has 1 aromatic heterocycles. The fraction of sp³-hybridized carbons (Fsp3) is 0.240. The molecule has 3 aliphatic rings. The van der Waals surface area contributed by atoms with Crippen LogP contribution in [0.2, 0.25) is 10.0 Å². The third-order valence-corrected chi connectivity index (χ3v) is 7.65. The molecule has 0 unspecified atom stereocenters. The molecule has 2 fully saturated rings. The van der Waals surface area contributed by atoms with E-state index < -0.39 is 0 Å². The number of benzene rings is 2. The summed E-state index contributed by atoms with van der Waals surface area (Å²) in [5, 5.41) is 7.49. The molecule has 7 heteroatoms. The monoisotopic (exact) mass is 463 g/mol. The van der Waals surface area contributed by atoms with E-state index in [-0.39, 0.29) is 35.5 Å². The maximum absolute atomic E-state index is 12.9. The summed E-state index contributed by atoms with van der Waals surface area (Å²) in [6.07, 6.45) is 8.68. The summed E-state index contributed by atoms with van der Waals surface area (Å²) in [6, 6.07) is 13.6. The molecule has 2 aliphatic carbocycles. The van der Waals surface area contributed by atoms with E-state index in [2.05, 4.69) is 21.8 Å². The molecule has 32 heavy (non-hydrogen) atoms. The Bertz CT molecular complexity index is 1310. The van der Waals surface area contributed by atoms with Crippen LogP contribution in [-0.4, -0.2) is 27.6 Å². The Labute approximate surface area is 194 Å². The van der Waals surface area contributed by atoms with Gasteiger partial charge >= 0.3 is 0 Å². The van der Waals surface area contributed by atoms with E-state index in [1.54, 1.807) is 12.3 Å². The summed E-state index contributed by atoms with van der Waals surface area (Å²) < 4.78 is 2.10. The van der Waals surface area contributed by atoms with E-state index in [1.807, 2.05) is 42.6 Å². The molecule has 3 aromatic rings. The number of halogens is 2. The molecule has 160 valence electrons. The molecule has 1 saturated carbocycles. The maximum Gasteiger partial charge on any atom is 0.254 e. The minimum atomic E-state index is -0.245. The average Bonchev–Trinajstić information content (AvgIpc) is 3.54. The average molecular weight is 464 g/mol. The van der Waals surface area contributed by atoms with E-state index in [0.29, 0.717) is 16.6 Å². The number of allylic oxidation sites excluding steroid dienone is 2. The molecule has 0 N–H and O–H groups in total. The Hall–Kier alpha value is -2.89. The van der Waals surface area contributed by atoms with Crippen LogP contribution in [0.4, 0.5) is 0 Å². The Morgan fingerprint density at radius 2 is 1.69 bits per heavy atom. The first-order valence-corrected chi connectivity index (χ1v) is 11.4. The summed E-state index contributed by atoms with van der Waals surface area (Å²) in [7, 11) is 0. The minimum Gasteiger partial charge on any atom is -0.342 e. The van der Waals surface area contributed by atoms with Gasteiger partial charge in [-0.1, -0.05) is 59.6 Å². The number of nitrogens with zero attached hydrogens (tertiary/aromatic N) is 3. The highest BCUT2D eigenvalue weighted by Crippen LogP contribution is 2.52. The van der Waals surface area contributed by atoms with Crippen molar-refractivity contribution >= 4 is 52.1 Å². The van der Waals surface area contributed by atoms with Gasteiger partial charge in [-0.15, -0.1) is 0 Å². The Morgan fingerprint density at radius 1 is 0.969 bits per heavy atom. The highest BCUT2D eigenvalue weighted by molar-refractivity contribution is 6.42. The van der Waals surface area contributed by atoms with Crippen molar-refractivity contribution < 1.29 is 9.59 Å². The zero-order chi connectivity index (χ0) is 22.0. The Morgan fingerprint density at radius 3 is 2.41 bits per heavy atom. The van der Waals surface area contributed by atoms with Crippen LogP contribution >= 0.6 is 23.2 Å². The number of carbonyl (C=O) groups excluding carboxylic acids is 2. The van der Waals surface area contributed by atoms with Crippen LogP contribution in [0.15, 0.2) is 65.9 Å². The molecular formula is C25H19Cl2N3O2. The number of amides is 2. The smallest absolute Gasteiger partial charge is 0.254 e. The largest absolute Gasteiger partial charge is 0.342 e. The number of hydrazone groups is 1. The van der Waals surface area contributed by atoms with Crippen molar-refractivity contribution in [2.45, 2.75) is 13.0 Å². The van der Waals surface area contributed by atoms with Gasteiger partial charge in [0.2, 0.25) is 0 Å². The SMILES string of the molecule is O=C1[C@@H]2[C@@H](C(=O)N1/N=C\c1cn(Cc3ccc(Cl)c(Cl)c3)c3ccccc13)[C@H]1C=C[C@H]2C1. The number of aromatic nitrogens is 1. The molecule has 6 rings (SSSR count). The van der Waals surface area contributed by atoms with Gasteiger partial charge in [0, 0.05) is 29.2 Å². The molecule has 4 atom stereocenters. The van der Waals surface area contributed by atoms with Gasteiger partial charge in [0.1, 0.15) is 0 Å². The number of para-hydroxylation sites is 1. The van der Waals surface area contributed by atoms with E-state index in [0.717, 1.165) is 33.5 Å². The van der Waals surface area contributed by atoms with Crippen molar-refractivity contribution in [1.29, 1.82) is 0 Å². The van der Waals surface area contributed by atoms with E-state index >= 15 is 0 Å². The third-order valence-electron chi connectivity index (χ3n) is 6.92. The van der Waals surface area contributed by atoms with Crippen LogP contribution in [0.5, 0.6) is 0 Å². The van der Waals surface area contributed by atoms with Crippen molar-refractivity contribution in [3.05, 3.63) is 82.0 Å². The van der Waals surface area contributed by atoms with Gasteiger partial charge in [-0.25, -0.2) is 0 Å². The van der Waals surface area contributed by atoms with Crippen LogP contribution in [0.3, 0.4) is 0 Å². The molecule has 5 nitrogen and oxygen atoms in total. The first-order chi connectivity index (χ1) is 15.5. The molecule has 1 saturated heterocycles. The summed E-state index contributed by atoms with van der Waals surface area (Å²) in [5.41, 5.74) is 2.89. The first kappa shape index (κ1) is 19.8. The minimum absolute atomic E-state index is 0.173. The number of fused-ring (bicyclic) bond motifs is 6. The van der Waals surface area contributed by atoms with E-state index in [4.69, 9.17) is 23.2 Å². The van der Waals surface area contributed by atoms with Gasteiger partial charge in [-0.3, -0.25) is 9.59 Å². The van der Waals surface area contributed by atoms with Gasteiger partial charge in [-0.05, 0) is 42.0 Å². The lowest BCUT2D eigenvalue weighted by Gasteiger charge is -2.13. The molecule has 0 radical (unpaired) electrons. The van der Waals surface area contributed by atoms with Crippen molar-refractivity contribution in [3.8, 4) is 0 Å². The summed E-state index contributed by atoms with van der Waals surface area (Å²) in [4.78, 5) is 25.8. The quantitative estimate of drug-likeness (QED) is 0.305. The number of carbonyl (C=O) groups is 2. The molecule has 2 heterocycles. The topological polar surface area (TPSA) is 54.7 Å². The molecule has 0 spiro atoms. The molecule has 2 amide bonds. The van der Waals surface area contributed by atoms with E-state index in [9.17, 15) is 9.59 Å². The Kier molecular flexibility index (Phi) is 4.52. The van der Waals surface area contributed by atoms with Gasteiger partial charge in [0.15, 0.2) is 0 Å². The van der Waals surface area contributed by atoms with Gasteiger partial charge < -0.3 is 4.57 Å². The van der Waals surface area contributed by atoms with E-state index in [1.165, 1.54) is 0 Å². The molecule has 2 aromatic carbocycles. The lowest BCUT2D eigenvalue weighted by atomic mass is 9.85. The second-order valence-electron chi connectivity index (χ2n) is 8.71. The summed E-state index contributed by atoms with van der Waals surface area (Å²) in [5.74, 6) is -0.485. The molecule has 1 aliphatic heterocycles. The second-order valence-corrected chi connectivity index (χ2v) is 9.53. The van der Waals surface area contributed by atoms with Crippen molar-refractivity contribution in [3.63, 3.8) is 0 Å². The predicted molar refractivity (Wildman–Crippen MR) is 125 cm³/mol. The van der Waals surface area contributed by atoms with Crippen LogP contribution in [0.1, 0.15) is 17.5 Å². The fourth-order valence-corrected chi connectivity index (χ4v) is 5.78. The van der Waals surface area contributed by atoms with Gasteiger partial charge in [0.25, 0.3) is 11.8 Å². The third kappa shape index (κ3) is 2.95. The summed E-state index contributed by atoms with van der Waals surface area (Å²) >= 11 is 12.2. The van der Waals surface area contributed by atoms with Crippen LogP contribution in [0.25, 0.3) is 10.9 Å². The number of imide groups is 1. The second kappa shape index (κ2) is 7.32. The highest BCUT2D eigenvalue weighted by atomic mass is 35.5. The zero-order valence-corrected chi connectivity index (χ0v) is 18.5. The van der Waals surface area contributed by atoms with Crippen LogP contribution in [0, 0.1) is 23.7 Å². The Balaban J connectivity index is 1.32. The zero-order valence-electron chi connectivity index (χ0n) is 17.0. The van der Waals surface area contributed by atoms with Crippen LogP contribution < -0.4 is 0 Å². The van der Waals surface area contributed by atoms with Gasteiger partial charge in [0.05, 0.1) is 28.1 Å². The molecule has 2 bridgehead atoms. The number of rotatable bonds is 4. The molecular weight excluding hydrogens is 445 g/mol. The van der Waals surface area contributed by atoms with Crippen molar-refractivity contribution in [2.24, 2.45) is 28.8 Å². The lowest BCUT2D eigenvalue weighted by molar-refractivity contribution is -0.140. The predicted octanol–water partition coefficient (Wildman–Crippen LogP) is 5.14. The van der Waals surface area contributed by atoms with Crippen molar-refractivity contribution in [1.82, 2.24) is 9.58 Å². The normalized spacial score (nSPS) is 26.2. The van der Waals surface area contributed by atoms with Gasteiger partial charge in [-0.2, -0.15) is 10.1 Å². The number of hydrogen-bond donors (Lipinski definition) is 0. The number of hydrogen-bond acceptors (Lipinski definition) is 3. The fourth-order valence-electron chi connectivity index (χ4n) is 5.46. The highest BCUT2D eigenvalue weighted by Gasteiger charge is 2.59. The summed E-state index contributed by atoms with van der Waals surface area (Å²) in [6.45, 7) is 0.603. The standard InChI is InChI=1S/C25H19Cl2N3O2/c26-19-8-5-14(9-20(19)27)12-29-13-17(18-3-1-2-4-21(18)29)11-28-30-24(31)22-15-6-7-16(10-15)23(22)25(30)32/h1-9,11,13,15-16,22-23H,10,12H2/b28-11-/t15-,16-,22-,23-/m0/s1. The lowest BCUT2D eigenvalue weighted by Crippen LogP contribution is -2.28. The van der Waals surface area contributed by atoms with Crippen molar-refractivity contribution in [2.75, 3.05) is 0 Å². The van der Waals surface area contributed by atoms with Crippen LogP contribution in [-0.2, 0) is 16.1 Å².